The standard InChI is InChI=1S/C28H46N4O4/c1-22-6-11-30(12-7-22)16-17-36-26-5-4-24(18-27(26)35-3)19-32-15-10-28(34,21-32)20-31-13-8-25(9-14-31)29-23(2)33/h4-5,18,22,25,34H,6-17,19-21H2,1-3H3,(H,29,33). The molecule has 1 aromatic carbocycles. The molecule has 1 aromatic rings. The van der Waals surface area contributed by atoms with E-state index in [9.17, 15) is 9.90 Å². The van der Waals surface area contributed by atoms with Crippen LogP contribution in [0.2, 0.25) is 0 Å². The van der Waals surface area contributed by atoms with E-state index in [-0.39, 0.29) is 11.9 Å². The highest BCUT2D eigenvalue weighted by atomic mass is 16.5. The molecule has 2 N–H and O–H groups in total. The van der Waals surface area contributed by atoms with Crippen molar-refractivity contribution in [3.63, 3.8) is 0 Å². The van der Waals surface area contributed by atoms with Gasteiger partial charge in [0.2, 0.25) is 5.91 Å². The van der Waals surface area contributed by atoms with Crippen LogP contribution >= 0.6 is 0 Å². The van der Waals surface area contributed by atoms with E-state index < -0.39 is 5.60 Å². The Bertz CT molecular complexity index is 852. The van der Waals surface area contributed by atoms with Crippen molar-refractivity contribution in [1.29, 1.82) is 0 Å². The van der Waals surface area contributed by atoms with Gasteiger partial charge in [0.05, 0.1) is 12.7 Å². The molecule has 8 heteroatoms. The molecular formula is C28H46N4O4. The zero-order valence-electron chi connectivity index (χ0n) is 22.5. The lowest BCUT2D eigenvalue weighted by Gasteiger charge is -2.36. The number of likely N-dealkylation sites (tertiary alicyclic amines) is 3. The van der Waals surface area contributed by atoms with Gasteiger partial charge >= 0.3 is 0 Å². The number of rotatable bonds is 10. The van der Waals surface area contributed by atoms with Crippen molar-refractivity contribution in [3.8, 4) is 11.5 Å². The molecule has 0 bridgehead atoms. The van der Waals surface area contributed by atoms with Gasteiger partial charge in [-0.3, -0.25) is 14.6 Å². The number of methoxy groups -OCH3 is 1. The number of nitrogens with zero attached hydrogens (tertiary/aromatic N) is 3. The molecule has 1 atom stereocenters. The lowest BCUT2D eigenvalue weighted by Crippen LogP contribution is -2.50. The molecule has 4 rings (SSSR count). The van der Waals surface area contributed by atoms with E-state index in [4.69, 9.17) is 9.47 Å². The van der Waals surface area contributed by atoms with Gasteiger partial charge in [0.25, 0.3) is 0 Å². The van der Waals surface area contributed by atoms with Crippen LogP contribution in [0.4, 0.5) is 0 Å². The quantitative estimate of drug-likeness (QED) is 0.509. The predicted molar refractivity (Wildman–Crippen MR) is 141 cm³/mol. The summed E-state index contributed by atoms with van der Waals surface area (Å²) in [6.45, 7) is 12.7. The number of aliphatic hydroxyl groups is 1. The van der Waals surface area contributed by atoms with Crippen LogP contribution in [0.25, 0.3) is 0 Å². The maximum atomic E-state index is 11.3. The predicted octanol–water partition coefficient (Wildman–Crippen LogP) is 2.34. The van der Waals surface area contributed by atoms with Crippen LogP contribution in [0.1, 0.15) is 51.5 Å². The van der Waals surface area contributed by atoms with E-state index >= 15 is 0 Å². The summed E-state index contributed by atoms with van der Waals surface area (Å²) < 4.78 is 11.7. The average Bonchev–Trinajstić information content (AvgIpc) is 3.21. The van der Waals surface area contributed by atoms with Gasteiger partial charge in [-0.25, -0.2) is 0 Å². The Morgan fingerprint density at radius 2 is 1.78 bits per heavy atom. The normalized spacial score (nSPS) is 25.2. The number of carbonyl (C=O) groups excluding carboxylic acids is 1. The van der Waals surface area contributed by atoms with E-state index in [0.717, 1.165) is 82.5 Å². The Morgan fingerprint density at radius 3 is 2.47 bits per heavy atom. The molecule has 3 heterocycles. The van der Waals surface area contributed by atoms with Crippen molar-refractivity contribution in [2.75, 3.05) is 66.1 Å². The Kier molecular flexibility index (Phi) is 9.50. The van der Waals surface area contributed by atoms with E-state index in [2.05, 4.69) is 39.1 Å². The smallest absolute Gasteiger partial charge is 0.217 e. The van der Waals surface area contributed by atoms with Gasteiger partial charge in [-0.15, -0.1) is 0 Å². The topological polar surface area (TPSA) is 77.5 Å². The summed E-state index contributed by atoms with van der Waals surface area (Å²) in [7, 11) is 1.70. The van der Waals surface area contributed by atoms with Crippen molar-refractivity contribution in [3.05, 3.63) is 23.8 Å². The molecule has 3 aliphatic heterocycles. The number of β-amino-alcohol motifs (C(OH)–C–C–N with tert-alkyl or cyclic N) is 1. The fraction of sp³-hybridized carbons (Fsp3) is 0.750. The second-order valence-electron chi connectivity index (χ2n) is 11.3. The van der Waals surface area contributed by atoms with E-state index in [0.29, 0.717) is 19.7 Å². The SMILES string of the molecule is COc1cc(CN2CCC(O)(CN3CCC(NC(C)=O)CC3)C2)ccc1OCCN1CCC(C)CC1. The Hall–Kier alpha value is -1.87. The van der Waals surface area contributed by atoms with Crippen LogP contribution in [0, 0.1) is 5.92 Å². The van der Waals surface area contributed by atoms with Crippen molar-refractivity contribution in [2.45, 2.75) is 64.1 Å². The molecule has 0 spiro atoms. The van der Waals surface area contributed by atoms with Gasteiger partial charge in [-0.2, -0.15) is 0 Å². The fourth-order valence-corrected chi connectivity index (χ4v) is 5.90. The molecule has 0 radical (unpaired) electrons. The van der Waals surface area contributed by atoms with E-state index in [1.54, 1.807) is 14.0 Å². The van der Waals surface area contributed by atoms with Gasteiger partial charge in [0.1, 0.15) is 6.61 Å². The molecule has 202 valence electrons. The second kappa shape index (κ2) is 12.6. The zero-order valence-corrected chi connectivity index (χ0v) is 22.5. The molecule has 3 saturated heterocycles. The van der Waals surface area contributed by atoms with Crippen LogP contribution in [0.15, 0.2) is 18.2 Å². The highest BCUT2D eigenvalue weighted by Gasteiger charge is 2.38. The lowest BCUT2D eigenvalue weighted by atomic mass is 9.99. The largest absolute Gasteiger partial charge is 0.493 e. The van der Waals surface area contributed by atoms with Crippen molar-refractivity contribution in [2.24, 2.45) is 5.92 Å². The monoisotopic (exact) mass is 502 g/mol. The minimum Gasteiger partial charge on any atom is -0.493 e. The molecule has 0 aliphatic carbocycles. The summed E-state index contributed by atoms with van der Waals surface area (Å²) in [6, 6.07) is 6.48. The molecular weight excluding hydrogens is 456 g/mol. The van der Waals surface area contributed by atoms with Crippen LogP contribution in [-0.4, -0.2) is 103 Å². The molecule has 0 aromatic heterocycles. The maximum Gasteiger partial charge on any atom is 0.217 e. The average molecular weight is 503 g/mol. The van der Waals surface area contributed by atoms with Crippen molar-refractivity contribution < 1.29 is 19.4 Å². The third-order valence-electron chi connectivity index (χ3n) is 8.10. The molecule has 3 aliphatic rings. The highest BCUT2D eigenvalue weighted by molar-refractivity contribution is 5.73. The summed E-state index contributed by atoms with van der Waals surface area (Å²) in [5.74, 6) is 2.46. The zero-order chi connectivity index (χ0) is 25.5. The second-order valence-corrected chi connectivity index (χ2v) is 11.3. The van der Waals surface area contributed by atoms with Gasteiger partial charge in [-0.1, -0.05) is 13.0 Å². The Balaban J connectivity index is 1.22. The Labute approximate surface area is 216 Å². The summed E-state index contributed by atoms with van der Waals surface area (Å²) in [6.07, 6.45) is 5.24. The first-order chi connectivity index (χ1) is 17.3. The number of piperidine rings is 2. The van der Waals surface area contributed by atoms with Crippen molar-refractivity contribution in [1.82, 2.24) is 20.0 Å². The van der Waals surface area contributed by atoms with Gasteiger partial charge in [0, 0.05) is 58.8 Å². The molecule has 0 saturated carbocycles. The highest BCUT2D eigenvalue weighted by Crippen LogP contribution is 2.31. The third-order valence-corrected chi connectivity index (χ3v) is 8.10. The molecule has 36 heavy (non-hydrogen) atoms. The third kappa shape index (κ3) is 7.81. The summed E-state index contributed by atoms with van der Waals surface area (Å²) >= 11 is 0. The number of ether oxygens (including phenoxy) is 2. The van der Waals surface area contributed by atoms with Crippen LogP contribution in [0.3, 0.4) is 0 Å². The first-order valence-electron chi connectivity index (χ1n) is 13.8. The number of hydrogen-bond acceptors (Lipinski definition) is 7. The van der Waals surface area contributed by atoms with Crippen LogP contribution in [-0.2, 0) is 11.3 Å². The molecule has 8 nitrogen and oxygen atoms in total. The van der Waals surface area contributed by atoms with Gasteiger partial charge < -0.3 is 24.8 Å². The number of nitrogens with one attached hydrogen (secondary N) is 1. The maximum absolute atomic E-state index is 11.3. The van der Waals surface area contributed by atoms with E-state index in [1.165, 1.54) is 18.4 Å². The molecule has 1 unspecified atom stereocenters. The van der Waals surface area contributed by atoms with Crippen LogP contribution in [0.5, 0.6) is 11.5 Å². The van der Waals surface area contributed by atoms with Gasteiger partial charge in [-0.05, 0) is 68.8 Å². The van der Waals surface area contributed by atoms with Gasteiger partial charge in [0.15, 0.2) is 11.5 Å². The number of benzene rings is 1. The minimum atomic E-state index is -0.680. The van der Waals surface area contributed by atoms with E-state index in [1.807, 2.05) is 6.07 Å². The number of hydrogen-bond donors (Lipinski definition) is 2. The molecule has 1 amide bonds. The Morgan fingerprint density at radius 1 is 1.06 bits per heavy atom. The number of amides is 1. The fourth-order valence-electron chi connectivity index (χ4n) is 5.90. The summed E-state index contributed by atoms with van der Waals surface area (Å²) in [4.78, 5) is 18.5. The van der Waals surface area contributed by atoms with Crippen LogP contribution < -0.4 is 14.8 Å². The van der Waals surface area contributed by atoms with Crippen molar-refractivity contribution >= 4 is 5.91 Å². The first-order valence-corrected chi connectivity index (χ1v) is 13.8. The minimum absolute atomic E-state index is 0.0434. The first kappa shape index (κ1) is 27.2. The summed E-state index contributed by atoms with van der Waals surface area (Å²) in [5, 5.41) is 14.3. The lowest BCUT2D eigenvalue weighted by molar-refractivity contribution is -0.120. The number of carbonyl (C=O) groups is 1. The molecule has 3 fully saturated rings. The summed E-state index contributed by atoms with van der Waals surface area (Å²) in [5.41, 5.74) is 0.491.